The van der Waals surface area contributed by atoms with Gasteiger partial charge in [-0.3, -0.25) is 0 Å². The zero-order valence-corrected chi connectivity index (χ0v) is 8.61. The monoisotopic (exact) mass is 181 g/mol. The van der Waals surface area contributed by atoms with Gasteiger partial charge >= 0.3 is 0 Å². The van der Waals surface area contributed by atoms with Gasteiger partial charge in [-0.1, -0.05) is 19.9 Å². The summed E-state index contributed by atoms with van der Waals surface area (Å²) in [7, 11) is 1.73. The molecule has 1 aromatic rings. The molecule has 0 heterocycles. The lowest BCUT2D eigenvalue weighted by Crippen LogP contribution is -2.00. The van der Waals surface area contributed by atoms with Crippen LogP contribution >= 0.6 is 0 Å². The van der Waals surface area contributed by atoms with Crippen molar-refractivity contribution in [3.05, 3.63) is 29.1 Å². The first-order valence-electron chi connectivity index (χ1n) is 4.54. The number of rotatable bonds is 2. The van der Waals surface area contributed by atoms with Crippen molar-refractivity contribution in [2.75, 3.05) is 12.4 Å². The van der Waals surface area contributed by atoms with Crippen molar-refractivity contribution >= 4 is 5.69 Å². The maximum absolute atomic E-state index is 13.6. The third-order valence-corrected chi connectivity index (χ3v) is 2.32. The third kappa shape index (κ3) is 1.82. The number of hydrogen-bond donors (Lipinski definition) is 1. The van der Waals surface area contributed by atoms with Crippen LogP contribution in [0.25, 0.3) is 0 Å². The van der Waals surface area contributed by atoms with E-state index < -0.39 is 0 Å². The Labute approximate surface area is 79.0 Å². The lowest BCUT2D eigenvalue weighted by molar-refractivity contribution is 0.616. The van der Waals surface area contributed by atoms with Crippen molar-refractivity contribution in [1.82, 2.24) is 0 Å². The van der Waals surface area contributed by atoms with Crippen LogP contribution < -0.4 is 5.32 Å². The zero-order valence-electron chi connectivity index (χ0n) is 8.61. The maximum atomic E-state index is 13.6. The van der Waals surface area contributed by atoms with Crippen molar-refractivity contribution < 1.29 is 4.39 Å². The molecule has 0 atom stereocenters. The second-order valence-corrected chi connectivity index (χ2v) is 3.55. The summed E-state index contributed by atoms with van der Waals surface area (Å²) in [5.74, 6) is 0.245. The maximum Gasteiger partial charge on any atom is 0.149 e. The van der Waals surface area contributed by atoms with Gasteiger partial charge in [0.1, 0.15) is 5.82 Å². The Morgan fingerprint density at radius 2 is 1.92 bits per heavy atom. The number of nitrogens with one attached hydrogen (secondary N) is 1. The molecule has 0 aliphatic carbocycles. The number of hydrogen-bond acceptors (Lipinski definition) is 1. The van der Waals surface area contributed by atoms with Gasteiger partial charge in [-0.05, 0) is 30.0 Å². The molecule has 1 N–H and O–H groups in total. The summed E-state index contributed by atoms with van der Waals surface area (Å²) in [5.41, 5.74) is 2.40. The first kappa shape index (κ1) is 10.0. The van der Waals surface area contributed by atoms with Gasteiger partial charge in [0, 0.05) is 7.05 Å². The van der Waals surface area contributed by atoms with Crippen LogP contribution in [0, 0.1) is 12.7 Å². The van der Waals surface area contributed by atoms with Crippen molar-refractivity contribution in [3.63, 3.8) is 0 Å². The Morgan fingerprint density at radius 3 is 2.38 bits per heavy atom. The van der Waals surface area contributed by atoms with Gasteiger partial charge in [0.15, 0.2) is 0 Å². The molecule has 0 fully saturated rings. The van der Waals surface area contributed by atoms with Gasteiger partial charge < -0.3 is 5.32 Å². The molecule has 0 unspecified atom stereocenters. The quantitative estimate of drug-likeness (QED) is 0.738. The van der Waals surface area contributed by atoms with Crippen molar-refractivity contribution in [1.29, 1.82) is 0 Å². The van der Waals surface area contributed by atoms with Gasteiger partial charge in [0.05, 0.1) is 5.69 Å². The molecule has 0 saturated carbocycles. The highest BCUT2D eigenvalue weighted by atomic mass is 19.1. The number of anilines is 1. The normalized spacial score (nSPS) is 10.6. The largest absolute Gasteiger partial charge is 0.386 e. The van der Waals surface area contributed by atoms with Crippen molar-refractivity contribution in [3.8, 4) is 0 Å². The van der Waals surface area contributed by atoms with E-state index in [0.29, 0.717) is 11.6 Å². The molecule has 0 bridgehead atoms. The molecule has 1 nitrogen and oxygen atoms in total. The minimum Gasteiger partial charge on any atom is -0.386 e. The van der Waals surface area contributed by atoms with Crippen LogP contribution in [-0.2, 0) is 0 Å². The summed E-state index contributed by atoms with van der Waals surface area (Å²) < 4.78 is 13.6. The lowest BCUT2D eigenvalue weighted by atomic mass is 9.97. The first-order chi connectivity index (χ1) is 6.07. The average molecular weight is 181 g/mol. The van der Waals surface area contributed by atoms with Gasteiger partial charge in [0.2, 0.25) is 0 Å². The first-order valence-corrected chi connectivity index (χ1v) is 4.54. The second kappa shape index (κ2) is 3.77. The Bertz CT molecular complexity index is 305. The molecular formula is C11H16FN. The van der Waals surface area contributed by atoms with E-state index in [4.69, 9.17) is 0 Å². The summed E-state index contributed by atoms with van der Waals surface area (Å²) >= 11 is 0. The minimum atomic E-state index is -0.131. The standard InChI is InChI=1S/C11H16FN/c1-7(2)9-5-6-10(13-4)11(12)8(9)3/h5-7,13H,1-4H3. The van der Waals surface area contributed by atoms with Crippen molar-refractivity contribution in [2.45, 2.75) is 26.7 Å². The van der Waals surface area contributed by atoms with Gasteiger partial charge in [-0.25, -0.2) is 4.39 Å². The van der Waals surface area contributed by atoms with E-state index in [1.165, 1.54) is 0 Å². The molecule has 0 amide bonds. The summed E-state index contributed by atoms with van der Waals surface area (Å²) in [5, 5.41) is 2.83. The number of benzene rings is 1. The van der Waals surface area contributed by atoms with Crippen LogP contribution in [0.1, 0.15) is 30.9 Å². The molecule has 0 aromatic heterocycles. The van der Waals surface area contributed by atoms with E-state index in [1.807, 2.05) is 13.0 Å². The summed E-state index contributed by atoms with van der Waals surface area (Å²) in [4.78, 5) is 0. The Hall–Kier alpha value is -1.05. The predicted octanol–water partition coefficient (Wildman–Crippen LogP) is 3.30. The Kier molecular flexibility index (Phi) is 2.91. The van der Waals surface area contributed by atoms with E-state index in [9.17, 15) is 4.39 Å². The summed E-state index contributed by atoms with van der Waals surface area (Å²) in [6, 6.07) is 3.77. The molecule has 72 valence electrons. The predicted molar refractivity (Wildman–Crippen MR) is 54.8 cm³/mol. The molecule has 0 radical (unpaired) electrons. The molecule has 0 aliphatic heterocycles. The van der Waals surface area contributed by atoms with Gasteiger partial charge in [-0.15, -0.1) is 0 Å². The summed E-state index contributed by atoms with van der Waals surface area (Å²) in [6.45, 7) is 5.97. The molecule has 0 spiro atoms. The minimum absolute atomic E-state index is 0.131. The summed E-state index contributed by atoms with van der Waals surface area (Å²) in [6.07, 6.45) is 0. The van der Waals surface area contributed by atoms with E-state index in [2.05, 4.69) is 19.2 Å². The number of halogens is 1. The van der Waals surface area contributed by atoms with Crippen LogP contribution in [0.3, 0.4) is 0 Å². The molecule has 0 aliphatic rings. The third-order valence-electron chi connectivity index (χ3n) is 2.32. The highest BCUT2D eigenvalue weighted by molar-refractivity contribution is 5.50. The Morgan fingerprint density at radius 1 is 1.31 bits per heavy atom. The average Bonchev–Trinajstić information content (AvgIpc) is 2.09. The molecule has 0 saturated heterocycles. The fourth-order valence-corrected chi connectivity index (χ4v) is 1.52. The second-order valence-electron chi connectivity index (χ2n) is 3.55. The highest BCUT2D eigenvalue weighted by Crippen LogP contribution is 2.25. The smallest absolute Gasteiger partial charge is 0.149 e. The Balaban J connectivity index is 3.23. The fraction of sp³-hybridized carbons (Fsp3) is 0.455. The highest BCUT2D eigenvalue weighted by Gasteiger charge is 2.10. The topological polar surface area (TPSA) is 12.0 Å². The van der Waals surface area contributed by atoms with Crippen LogP contribution in [0.15, 0.2) is 12.1 Å². The van der Waals surface area contributed by atoms with Crippen LogP contribution in [0.4, 0.5) is 10.1 Å². The fourth-order valence-electron chi connectivity index (χ4n) is 1.52. The van der Waals surface area contributed by atoms with E-state index >= 15 is 0 Å². The molecule has 2 heteroatoms. The zero-order chi connectivity index (χ0) is 10.0. The SMILES string of the molecule is CNc1ccc(C(C)C)c(C)c1F. The molecule has 1 rings (SSSR count). The molecule has 1 aromatic carbocycles. The van der Waals surface area contributed by atoms with E-state index in [1.54, 1.807) is 13.1 Å². The van der Waals surface area contributed by atoms with E-state index in [-0.39, 0.29) is 5.82 Å². The van der Waals surface area contributed by atoms with Crippen LogP contribution in [0.2, 0.25) is 0 Å². The van der Waals surface area contributed by atoms with Gasteiger partial charge in [0.25, 0.3) is 0 Å². The van der Waals surface area contributed by atoms with Crippen molar-refractivity contribution in [2.24, 2.45) is 0 Å². The van der Waals surface area contributed by atoms with Gasteiger partial charge in [-0.2, -0.15) is 0 Å². The van der Waals surface area contributed by atoms with E-state index in [0.717, 1.165) is 11.1 Å². The molecular weight excluding hydrogens is 165 g/mol. The van der Waals surface area contributed by atoms with Crippen LogP contribution in [0.5, 0.6) is 0 Å². The molecule has 13 heavy (non-hydrogen) atoms. The van der Waals surface area contributed by atoms with Crippen LogP contribution in [-0.4, -0.2) is 7.05 Å². The lowest BCUT2D eigenvalue weighted by Gasteiger charge is -2.12.